The van der Waals surface area contributed by atoms with Crippen molar-refractivity contribution in [3.05, 3.63) is 53.1 Å². The second-order valence-electron chi connectivity index (χ2n) is 4.28. The molecule has 2 rings (SSSR count). The highest BCUT2D eigenvalue weighted by molar-refractivity contribution is 5.34. The third kappa shape index (κ3) is 2.81. The van der Waals surface area contributed by atoms with E-state index in [2.05, 4.69) is 10.5 Å². The van der Waals surface area contributed by atoms with Crippen LogP contribution in [0.3, 0.4) is 0 Å². The number of benzene rings is 1. The maximum absolute atomic E-state index is 13.3. The van der Waals surface area contributed by atoms with E-state index in [9.17, 15) is 17.6 Å². The Labute approximate surface area is 112 Å². The zero-order valence-electron chi connectivity index (χ0n) is 10.4. The number of nitrogens with zero attached hydrogens (tertiary/aromatic N) is 2. The van der Waals surface area contributed by atoms with E-state index in [1.807, 2.05) is 0 Å². The Bertz CT molecular complexity index is 606. The molecule has 1 atom stereocenters. The normalized spacial score (nSPS) is 13.5. The predicted molar refractivity (Wildman–Crippen MR) is 63.8 cm³/mol. The highest BCUT2D eigenvalue weighted by Gasteiger charge is 2.34. The molecule has 0 aliphatic heterocycles. The fraction of sp³-hybridized carbons (Fsp3) is 0.250. The predicted octanol–water partition coefficient (Wildman–Crippen LogP) is 2.13. The Kier molecular flexibility index (Phi) is 3.78. The molecule has 0 spiro atoms. The van der Waals surface area contributed by atoms with Gasteiger partial charge in [-0.05, 0) is 17.7 Å². The van der Waals surface area contributed by atoms with E-state index in [1.54, 1.807) is 13.2 Å². The van der Waals surface area contributed by atoms with Crippen molar-refractivity contribution in [2.45, 2.75) is 12.2 Å². The third-order valence-corrected chi connectivity index (χ3v) is 2.85. The minimum atomic E-state index is -4.76. The van der Waals surface area contributed by atoms with E-state index in [4.69, 9.17) is 5.84 Å². The number of halogens is 4. The molecule has 1 heterocycles. The second kappa shape index (κ2) is 5.22. The monoisotopic (exact) mass is 288 g/mol. The van der Waals surface area contributed by atoms with Crippen molar-refractivity contribution in [3.8, 4) is 0 Å². The molecule has 8 heteroatoms. The lowest BCUT2D eigenvalue weighted by atomic mass is 9.99. The topological polar surface area (TPSA) is 55.9 Å². The van der Waals surface area contributed by atoms with Crippen molar-refractivity contribution >= 4 is 0 Å². The lowest BCUT2D eigenvalue weighted by Gasteiger charge is -2.17. The van der Waals surface area contributed by atoms with Crippen LogP contribution in [0, 0.1) is 5.82 Å². The van der Waals surface area contributed by atoms with Crippen LogP contribution in [0.2, 0.25) is 0 Å². The molecule has 4 nitrogen and oxygen atoms in total. The quantitative estimate of drug-likeness (QED) is 0.517. The van der Waals surface area contributed by atoms with Crippen molar-refractivity contribution in [1.29, 1.82) is 0 Å². The average Bonchev–Trinajstić information content (AvgIpc) is 2.77. The van der Waals surface area contributed by atoms with Gasteiger partial charge in [0.05, 0.1) is 17.8 Å². The molecule has 0 saturated carbocycles. The number of aryl methyl sites for hydroxylation is 1. The van der Waals surface area contributed by atoms with E-state index in [0.29, 0.717) is 5.56 Å². The zero-order chi connectivity index (χ0) is 14.9. The van der Waals surface area contributed by atoms with Crippen LogP contribution >= 0.6 is 0 Å². The number of hydrogen-bond acceptors (Lipinski definition) is 3. The maximum Gasteiger partial charge on any atom is 0.419 e. The molecule has 2 aromatic rings. The molecular formula is C12H12F4N4. The number of aromatic nitrogens is 2. The second-order valence-corrected chi connectivity index (χ2v) is 4.28. The lowest BCUT2D eigenvalue weighted by molar-refractivity contribution is -0.140. The van der Waals surface area contributed by atoms with E-state index in [1.165, 1.54) is 16.9 Å². The molecule has 0 saturated heterocycles. The molecule has 1 aromatic carbocycles. The number of nitrogens with two attached hydrogens (primary N) is 1. The summed E-state index contributed by atoms with van der Waals surface area (Å²) in [5, 5.41) is 3.92. The number of alkyl halides is 3. The van der Waals surface area contributed by atoms with Crippen LogP contribution in [0.5, 0.6) is 0 Å². The highest BCUT2D eigenvalue weighted by atomic mass is 19.4. The third-order valence-electron chi connectivity index (χ3n) is 2.85. The molecule has 0 aliphatic carbocycles. The summed E-state index contributed by atoms with van der Waals surface area (Å²) in [6.45, 7) is 0. The first kappa shape index (κ1) is 14.5. The van der Waals surface area contributed by atoms with Gasteiger partial charge in [-0.15, -0.1) is 0 Å². The smallest absolute Gasteiger partial charge is 0.275 e. The Morgan fingerprint density at radius 3 is 2.50 bits per heavy atom. The standard InChI is InChI=1S/C12H12F4N4/c1-20-6-8(5-18-20)11(19-17)7-2-3-10(13)9(4-7)12(14,15)16/h2-6,11,19H,17H2,1H3. The summed E-state index contributed by atoms with van der Waals surface area (Å²) >= 11 is 0. The summed E-state index contributed by atoms with van der Waals surface area (Å²) in [4.78, 5) is 0. The first-order valence-corrected chi connectivity index (χ1v) is 5.64. The summed E-state index contributed by atoms with van der Waals surface area (Å²) in [5.41, 5.74) is 1.86. The fourth-order valence-electron chi connectivity index (χ4n) is 1.91. The minimum Gasteiger partial charge on any atom is -0.275 e. The van der Waals surface area contributed by atoms with Crippen molar-refractivity contribution in [3.63, 3.8) is 0 Å². The van der Waals surface area contributed by atoms with Gasteiger partial charge >= 0.3 is 6.18 Å². The van der Waals surface area contributed by atoms with Gasteiger partial charge in [0, 0.05) is 18.8 Å². The largest absolute Gasteiger partial charge is 0.419 e. The molecular weight excluding hydrogens is 276 g/mol. The van der Waals surface area contributed by atoms with Gasteiger partial charge in [-0.25, -0.2) is 9.82 Å². The maximum atomic E-state index is 13.3. The molecule has 1 aromatic heterocycles. The van der Waals surface area contributed by atoms with Gasteiger partial charge < -0.3 is 0 Å². The molecule has 0 radical (unpaired) electrons. The van der Waals surface area contributed by atoms with Crippen molar-refractivity contribution in [1.82, 2.24) is 15.2 Å². The van der Waals surface area contributed by atoms with E-state index < -0.39 is 23.6 Å². The number of nitrogens with one attached hydrogen (secondary N) is 1. The lowest BCUT2D eigenvalue weighted by Crippen LogP contribution is -2.29. The van der Waals surface area contributed by atoms with Crippen molar-refractivity contribution < 1.29 is 17.6 Å². The molecule has 20 heavy (non-hydrogen) atoms. The number of rotatable bonds is 3. The van der Waals surface area contributed by atoms with Crippen LogP contribution in [0.15, 0.2) is 30.6 Å². The Hall–Kier alpha value is -1.93. The van der Waals surface area contributed by atoms with Gasteiger partial charge in [0.15, 0.2) is 0 Å². The van der Waals surface area contributed by atoms with E-state index in [-0.39, 0.29) is 5.56 Å². The highest BCUT2D eigenvalue weighted by Crippen LogP contribution is 2.33. The van der Waals surface area contributed by atoms with Crippen LogP contribution in [-0.4, -0.2) is 9.78 Å². The summed E-state index contributed by atoms with van der Waals surface area (Å²) in [5.74, 6) is 4.06. The van der Waals surface area contributed by atoms with Gasteiger partial charge in [-0.1, -0.05) is 6.07 Å². The van der Waals surface area contributed by atoms with Gasteiger partial charge in [0.1, 0.15) is 5.82 Å². The molecule has 0 aliphatic rings. The fourth-order valence-corrected chi connectivity index (χ4v) is 1.91. The van der Waals surface area contributed by atoms with E-state index >= 15 is 0 Å². The molecule has 0 amide bonds. The van der Waals surface area contributed by atoms with Gasteiger partial charge in [0.2, 0.25) is 0 Å². The van der Waals surface area contributed by atoms with Crippen molar-refractivity contribution in [2.75, 3.05) is 0 Å². The first-order valence-electron chi connectivity index (χ1n) is 5.64. The first-order chi connectivity index (χ1) is 9.32. The number of hydrazine groups is 1. The SMILES string of the molecule is Cn1cc(C(NN)c2ccc(F)c(C(F)(F)F)c2)cn1. The summed E-state index contributed by atoms with van der Waals surface area (Å²) in [7, 11) is 1.67. The van der Waals surface area contributed by atoms with Crippen LogP contribution in [0.25, 0.3) is 0 Å². The Balaban J connectivity index is 2.46. The molecule has 1 unspecified atom stereocenters. The van der Waals surface area contributed by atoms with Crippen molar-refractivity contribution in [2.24, 2.45) is 12.9 Å². The summed E-state index contributed by atoms with van der Waals surface area (Å²) in [6.07, 6.45) is -1.67. The van der Waals surface area contributed by atoms with Gasteiger partial charge in [-0.2, -0.15) is 18.3 Å². The summed E-state index contributed by atoms with van der Waals surface area (Å²) in [6, 6.07) is 2.07. The molecule has 0 fully saturated rings. The number of hydrogen-bond donors (Lipinski definition) is 2. The average molecular weight is 288 g/mol. The van der Waals surface area contributed by atoms with E-state index in [0.717, 1.165) is 12.1 Å². The molecule has 108 valence electrons. The summed E-state index contributed by atoms with van der Waals surface area (Å²) < 4.78 is 52.8. The van der Waals surface area contributed by atoms with Crippen LogP contribution in [0.1, 0.15) is 22.7 Å². The van der Waals surface area contributed by atoms with Gasteiger partial charge in [0.25, 0.3) is 0 Å². The molecule has 0 bridgehead atoms. The Morgan fingerprint density at radius 2 is 2.00 bits per heavy atom. The van der Waals surface area contributed by atoms with Gasteiger partial charge in [-0.3, -0.25) is 10.5 Å². The molecule has 3 N–H and O–H groups in total. The van der Waals surface area contributed by atoms with Crippen LogP contribution in [-0.2, 0) is 13.2 Å². The zero-order valence-corrected chi connectivity index (χ0v) is 10.4. The van der Waals surface area contributed by atoms with Crippen LogP contribution in [0.4, 0.5) is 17.6 Å². The van der Waals surface area contributed by atoms with Crippen LogP contribution < -0.4 is 11.3 Å². The minimum absolute atomic E-state index is 0.203. The Morgan fingerprint density at radius 1 is 1.30 bits per heavy atom.